The van der Waals surface area contributed by atoms with Crippen molar-refractivity contribution in [3.63, 3.8) is 0 Å². The van der Waals surface area contributed by atoms with Crippen molar-refractivity contribution in [3.05, 3.63) is 48.5 Å². The van der Waals surface area contributed by atoms with Gasteiger partial charge in [0.25, 0.3) is 5.91 Å². The van der Waals surface area contributed by atoms with Crippen LogP contribution in [0.4, 0.5) is 5.82 Å². The van der Waals surface area contributed by atoms with E-state index < -0.39 is 24.5 Å². The number of hydrogen-bond donors (Lipinski definition) is 4. The lowest BCUT2D eigenvalue weighted by molar-refractivity contribution is -0.134. The highest BCUT2D eigenvalue weighted by Crippen LogP contribution is 2.31. The third kappa shape index (κ3) is 3.65. The van der Waals surface area contributed by atoms with E-state index in [4.69, 9.17) is 10.5 Å². The molecule has 3 heterocycles. The molecule has 0 spiro atoms. The van der Waals surface area contributed by atoms with Crippen LogP contribution in [0.15, 0.2) is 43.0 Å². The third-order valence-corrected chi connectivity index (χ3v) is 5.01. The summed E-state index contributed by atoms with van der Waals surface area (Å²) in [7, 11) is 1.49. The van der Waals surface area contributed by atoms with Gasteiger partial charge in [0, 0.05) is 13.6 Å². The molecule has 0 bridgehead atoms. The maximum atomic E-state index is 12.0. The average Bonchev–Trinajstić information content (AvgIpc) is 3.30. The number of nitrogens with one attached hydrogen (secondary N) is 2. The summed E-state index contributed by atoms with van der Waals surface area (Å²) in [5, 5.41) is 16.3. The van der Waals surface area contributed by atoms with E-state index in [-0.39, 0.29) is 5.91 Å². The molecule has 0 saturated carbocycles. The number of hydrogen-bond acceptors (Lipinski definition) is 8. The van der Waals surface area contributed by atoms with E-state index in [1.165, 1.54) is 25.3 Å². The summed E-state index contributed by atoms with van der Waals surface area (Å²) < 4.78 is 7.30. The Morgan fingerprint density at radius 3 is 2.83 bits per heavy atom. The Kier molecular flexibility index (Phi) is 5.38. The van der Waals surface area contributed by atoms with Crippen molar-refractivity contribution < 1.29 is 14.6 Å². The second-order valence-electron chi connectivity index (χ2n) is 6.84. The molecule has 29 heavy (non-hydrogen) atoms. The molecule has 152 valence electrons. The van der Waals surface area contributed by atoms with Crippen LogP contribution in [0.1, 0.15) is 11.8 Å². The molecular formula is C19H23N7O3. The van der Waals surface area contributed by atoms with E-state index in [1.807, 2.05) is 18.2 Å². The molecule has 0 radical (unpaired) electrons. The minimum absolute atomic E-state index is 0.388. The molecule has 5 N–H and O–H groups in total. The Morgan fingerprint density at radius 1 is 1.28 bits per heavy atom. The molecule has 1 aliphatic rings. The van der Waals surface area contributed by atoms with Gasteiger partial charge >= 0.3 is 0 Å². The number of imidazole rings is 1. The van der Waals surface area contributed by atoms with Gasteiger partial charge in [-0.1, -0.05) is 30.3 Å². The lowest BCUT2D eigenvalue weighted by Gasteiger charge is -2.16. The lowest BCUT2D eigenvalue weighted by Crippen LogP contribution is -2.46. The molecule has 1 aromatic carbocycles. The molecule has 4 atom stereocenters. The van der Waals surface area contributed by atoms with E-state index in [2.05, 4.69) is 37.7 Å². The molecule has 1 aliphatic heterocycles. The lowest BCUT2D eigenvalue weighted by atomic mass is 10.1. The van der Waals surface area contributed by atoms with Crippen molar-refractivity contribution in [3.8, 4) is 0 Å². The van der Waals surface area contributed by atoms with Gasteiger partial charge in [-0.2, -0.15) is 0 Å². The summed E-state index contributed by atoms with van der Waals surface area (Å²) in [5.41, 5.74) is 8.22. The molecule has 4 rings (SSSR count). The van der Waals surface area contributed by atoms with Crippen molar-refractivity contribution >= 4 is 22.9 Å². The Balaban J connectivity index is 1.54. The van der Waals surface area contributed by atoms with Gasteiger partial charge in [0.1, 0.15) is 12.4 Å². The molecule has 1 amide bonds. The van der Waals surface area contributed by atoms with Crippen LogP contribution in [-0.4, -0.2) is 62.4 Å². The number of ether oxygens (including phenoxy) is 1. The summed E-state index contributed by atoms with van der Waals surface area (Å²) >= 11 is 0. The number of rotatable bonds is 6. The molecule has 3 aromatic rings. The highest BCUT2D eigenvalue weighted by atomic mass is 16.5. The zero-order chi connectivity index (χ0) is 20.4. The van der Waals surface area contributed by atoms with Crippen LogP contribution in [0.5, 0.6) is 0 Å². The third-order valence-electron chi connectivity index (χ3n) is 5.01. The number of carbonyl (C=O) groups is 1. The Bertz CT molecular complexity index is 994. The first kappa shape index (κ1) is 19.2. The van der Waals surface area contributed by atoms with Crippen molar-refractivity contribution in [2.75, 3.05) is 18.9 Å². The maximum Gasteiger partial charge on any atom is 0.250 e. The highest BCUT2D eigenvalue weighted by molar-refractivity contribution is 5.83. The summed E-state index contributed by atoms with van der Waals surface area (Å²) in [5.74, 6) is 0.200. The van der Waals surface area contributed by atoms with Crippen LogP contribution in [0, 0.1) is 0 Å². The van der Waals surface area contributed by atoms with E-state index in [1.54, 1.807) is 4.57 Å². The second kappa shape index (κ2) is 8.11. The fourth-order valence-electron chi connectivity index (χ4n) is 3.44. The monoisotopic (exact) mass is 397 g/mol. The smallest absolute Gasteiger partial charge is 0.250 e. The number of anilines is 1. The first-order valence-electron chi connectivity index (χ1n) is 9.36. The predicted octanol–water partition coefficient (Wildman–Crippen LogP) is -0.188. The van der Waals surface area contributed by atoms with Gasteiger partial charge < -0.3 is 26.2 Å². The van der Waals surface area contributed by atoms with Crippen LogP contribution in [-0.2, 0) is 16.0 Å². The first-order valence-corrected chi connectivity index (χ1v) is 9.36. The van der Waals surface area contributed by atoms with Crippen LogP contribution >= 0.6 is 0 Å². The largest absolute Gasteiger partial charge is 0.387 e. The fourth-order valence-corrected chi connectivity index (χ4v) is 3.44. The van der Waals surface area contributed by atoms with Crippen LogP contribution in [0.2, 0.25) is 0 Å². The van der Waals surface area contributed by atoms with E-state index in [9.17, 15) is 9.90 Å². The maximum absolute atomic E-state index is 12.0. The van der Waals surface area contributed by atoms with Crippen molar-refractivity contribution in [1.82, 2.24) is 24.8 Å². The topological polar surface area (TPSA) is 140 Å². The zero-order valence-corrected chi connectivity index (χ0v) is 15.9. The number of aromatic nitrogens is 4. The summed E-state index contributed by atoms with van der Waals surface area (Å²) in [6, 6.07) is 9.26. The number of nitrogens with zero attached hydrogens (tertiary/aromatic N) is 4. The number of nitrogens with two attached hydrogens (primary N) is 1. The number of benzene rings is 1. The Labute approximate surface area is 167 Å². The second-order valence-corrected chi connectivity index (χ2v) is 6.84. The molecule has 1 saturated heterocycles. The zero-order valence-electron chi connectivity index (χ0n) is 15.9. The minimum atomic E-state index is -1.08. The van der Waals surface area contributed by atoms with E-state index in [0.717, 1.165) is 6.42 Å². The van der Waals surface area contributed by atoms with Crippen molar-refractivity contribution in [2.24, 2.45) is 5.73 Å². The molecule has 10 heteroatoms. The van der Waals surface area contributed by atoms with Gasteiger partial charge in [-0.15, -0.1) is 0 Å². The number of aliphatic hydroxyl groups is 1. The van der Waals surface area contributed by atoms with Crippen molar-refractivity contribution in [1.29, 1.82) is 0 Å². The number of likely N-dealkylation sites (N-methyl/N-ethyl adjacent to an activating group) is 1. The van der Waals surface area contributed by atoms with Crippen LogP contribution in [0.3, 0.4) is 0 Å². The number of amides is 1. The number of carbonyl (C=O) groups excluding carboxylic acids is 1. The summed E-state index contributed by atoms with van der Waals surface area (Å²) in [6.45, 7) is 0.676. The number of aliphatic hydroxyl groups excluding tert-OH is 1. The Hall–Kier alpha value is -3.08. The average molecular weight is 397 g/mol. The fraction of sp³-hybridized carbons (Fsp3) is 0.368. The van der Waals surface area contributed by atoms with Crippen LogP contribution in [0.25, 0.3) is 11.2 Å². The minimum Gasteiger partial charge on any atom is -0.387 e. The first-order chi connectivity index (χ1) is 14.1. The van der Waals surface area contributed by atoms with E-state index in [0.29, 0.717) is 23.5 Å². The van der Waals surface area contributed by atoms with Gasteiger partial charge in [-0.3, -0.25) is 9.36 Å². The summed E-state index contributed by atoms with van der Waals surface area (Å²) in [6.07, 6.45) is 0.851. The van der Waals surface area contributed by atoms with Crippen molar-refractivity contribution in [2.45, 2.75) is 30.9 Å². The Morgan fingerprint density at radius 2 is 2.07 bits per heavy atom. The quantitative estimate of drug-likeness (QED) is 0.449. The van der Waals surface area contributed by atoms with E-state index >= 15 is 0 Å². The van der Waals surface area contributed by atoms with Gasteiger partial charge in [-0.05, 0) is 12.0 Å². The van der Waals surface area contributed by atoms with Gasteiger partial charge in [0.15, 0.2) is 29.3 Å². The molecule has 0 aliphatic carbocycles. The van der Waals surface area contributed by atoms with Crippen LogP contribution < -0.4 is 16.4 Å². The molecule has 0 unspecified atom stereocenters. The van der Waals surface area contributed by atoms with Gasteiger partial charge in [0.05, 0.1) is 12.4 Å². The molecular weight excluding hydrogens is 374 g/mol. The van der Waals surface area contributed by atoms with Gasteiger partial charge in [-0.25, -0.2) is 15.0 Å². The SMILES string of the molecule is CNC(=O)[C@H]1O[C@@H](n2cnc3c(NCCc4ccccc4)ncnc32)[C@H](O)[C@@H]1N. The molecule has 2 aromatic heterocycles. The summed E-state index contributed by atoms with van der Waals surface area (Å²) in [4.78, 5) is 24.9. The molecule has 10 nitrogen and oxygen atoms in total. The highest BCUT2D eigenvalue weighted by Gasteiger charge is 2.46. The number of fused-ring (bicyclic) bond motifs is 1. The standard InChI is InChI=1S/C19H23N7O3/c1-21-18(28)15-12(20)14(27)19(29-15)26-10-25-13-16(23-9-24-17(13)26)22-8-7-11-5-3-2-4-6-11/h2-6,9-10,12,14-15,19,27H,7-8,20H2,1H3,(H,21,28)(H,22,23,24)/t12-,14+,15-,19+/m0/s1. The predicted molar refractivity (Wildman–Crippen MR) is 106 cm³/mol. The normalized spacial score (nSPS) is 24.0. The molecule has 1 fully saturated rings. The van der Waals surface area contributed by atoms with Gasteiger partial charge in [0.2, 0.25) is 0 Å².